The van der Waals surface area contributed by atoms with Gasteiger partial charge in [-0.1, -0.05) is 17.7 Å². The minimum Gasteiger partial charge on any atom is -0.392 e. The quantitative estimate of drug-likeness (QED) is 0.899. The topological polar surface area (TPSA) is 58.0 Å². The fourth-order valence-electron chi connectivity index (χ4n) is 2.01. The number of aliphatic hydroxyl groups is 1. The molecule has 0 radical (unpaired) electrons. The van der Waals surface area contributed by atoms with Crippen LogP contribution in [0, 0.1) is 0 Å². The molecule has 1 heterocycles. The molecule has 1 fully saturated rings. The van der Waals surface area contributed by atoms with Crippen molar-refractivity contribution >= 4 is 23.2 Å². The average molecular weight is 276 g/mol. The van der Waals surface area contributed by atoms with Crippen LogP contribution in [0.2, 0.25) is 5.02 Å². The summed E-state index contributed by atoms with van der Waals surface area (Å²) >= 11 is 5.94. The molecule has 2 aromatic rings. The van der Waals surface area contributed by atoms with Gasteiger partial charge in [-0.05, 0) is 31.0 Å². The van der Waals surface area contributed by atoms with Crippen LogP contribution in [-0.2, 0) is 6.61 Å². The van der Waals surface area contributed by atoms with E-state index in [1.54, 1.807) is 6.20 Å². The Bertz CT molecular complexity index is 599. The fraction of sp³-hybridized carbons (Fsp3) is 0.286. The summed E-state index contributed by atoms with van der Waals surface area (Å²) in [5, 5.41) is 13.1. The predicted molar refractivity (Wildman–Crippen MR) is 74.7 cm³/mol. The van der Waals surface area contributed by atoms with E-state index in [2.05, 4.69) is 15.3 Å². The second kappa shape index (κ2) is 5.15. The number of nitrogens with one attached hydrogen (secondary N) is 1. The molecule has 0 saturated heterocycles. The lowest BCUT2D eigenvalue weighted by atomic mass is 10.2. The molecular formula is C14H14ClN3O. The Hall–Kier alpha value is -1.65. The third-order valence-electron chi connectivity index (χ3n) is 3.11. The molecular weight excluding hydrogens is 262 g/mol. The molecule has 0 amide bonds. The number of aromatic nitrogens is 2. The Kier molecular flexibility index (Phi) is 3.36. The molecule has 0 spiro atoms. The molecule has 2 N–H and O–H groups in total. The summed E-state index contributed by atoms with van der Waals surface area (Å²) in [4.78, 5) is 8.73. The lowest BCUT2D eigenvalue weighted by Gasteiger charge is -2.09. The van der Waals surface area contributed by atoms with E-state index in [1.807, 2.05) is 24.3 Å². The lowest BCUT2D eigenvalue weighted by molar-refractivity contribution is 0.279. The van der Waals surface area contributed by atoms with Crippen LogP contribution in [0.4, 0.5) is 11.6 Å². The number of benzene rings is 1. The van der Waals surface area contributed by atoms with Gasteiger partial charge >= 0.3 is 0 Å². The van der Waals surface area contributed by atoms with E-state index in [-0.39, 0.29) is 6.61 Å². The number of hydrogen-bond acceptors (Lipinski definition) is 4. The van der Waals surface area contributed by atoms with Crippen LogP contribution in [0.5, 0.6) is 0 Å². The summed E-state index contributed by atoms with van der Waals surface area (Å²) < 4.78 is 0. The minimum absolute atomic E-state index is 0.0106. The van der Waals surface area contributed by atoms with E-state index in [0.717, 1.165) is 29.8 Å². The van der Waals surface area contributed by atoms with E-state index in [1.165, 1.54) is 0 Å². The normalized spacial score (nSPS) is 14.4. The van der Waals surface area contributed by atoms with Crippen LogP contribution in [0.25, 0.3) is 0 Å². The third-order valence-corrected chi connectivity index (χ3v) is 3.35. The van der Waals surface area contributed by atoms with Gasteiger partial charge < -0.3 is 10.4 Å². The summed E-state index contributed by atoms with van der Waals surface area (Å²) in [5.41, 5.74) is 2.63. The van der Waals surface area contributed by atoms with Crippen LogP contribution in [0.15, 0.2) is 30.5 Å². The SMILES string of the molecule is OCc1cnc(Nc2cccc(Cl)c2)nc1C1CC1. The maximum atomic E-state index is 9.29. The van der Waals surface area contributed by atoms with Crippen molar-refractivity contribution in [2.45, 2.75) is 25.4 Å². The van der Waals surface area contributed by atoms with E-state index >= 15 is 0 Å². The van der Waals surface area contributed by atoms with Crippen molar-refractivity contribution < 1.29 is 5.11 Å². The monoisotopic (exact) mass is 275 g/mol. The van der Waals surface area contributed by atoms with Gasteiger partial charge in [0.2, 0.25) is 5.95 Å². The van der Waals surface area contributed by atoms with E-state index in [9.17, 15) is 5.11 Å². The maximum absolute atomic E-state index is 9.29. The van der Waals surface area contributed by atoms with Crippen LogP contribution >= 0.6 is 11.6 Å². The molecule has 0 unspecified atom stereocenters. The Morgan fingerprint density at radius 1 is 1.37 bits per heavy atom. The first-order valence-corrected chi connectivity index (χ1v) is 6.63. The summed E-state index contributed by atoms with van der Waals surface area (Å²) in [6.45, 7) is -0.0106. The highest BCUT2D eigenvalue weighted by molar-refractivity contribution is 6.30. The van der Waals surface area contributed by atoms with Gasteiger partial charge in [-0.2, -0.15) is 0 Å². The minimum atomic E-state index is -0.0106. The molecule has 1 aromatic heterocycles. The molecule has 0 bridgehead atoms. The largest absolute Gasteiger partial charge is 0.392 e. The van der Waals surface area contributed by atoms with Crippen LogP contribution in [-0.4, -0.2) is 15.1 Å². The number of anilines is 2. The molecule has 1 aliphatic rings. The zero-order valence-electron chi connectivity index (χ0n) is 10.3. The van der Waals surface area contributed by atoms with Crippen LogP contribution < -0.4 is 5.32 Å². The Morgan fingerprint density at radius 3 is 2.89 bits per heavy atom. The van der Waals surface area contributed by atoms with Crippen molar-refractivity contribution in [3.05, 3.63) is 46.7 Å². The van der Waals surface area contributed by atoms with Crippen molar-refractivity contribution in [2.24, 2.45) is 0 Å². The highest BCUT2D eigenvalue weighted by Crippen LogP contribution is 2.40. The first-order chi connectivity index (χ1) is 9.26. The van der Waals surface area contributed by atoms with Gasteiger partial charge in [0, 0.05) is 28.4 Å². The van der Waals surface area contributed by atoms with Crippen LogP contribution in [0.3, 0.4) is 0 Å². The van der Waals surface area contributed by atoms with Crippen molar-refractivity contribution in [3.63, 3.8) is 0 Å². The smallest absolute Gasteiger partial charge is 0.227 e. The Morgan fingerprint density at radius 2 is 2.21 bits per heavy atom. The van der Waals surface area contributed by atoms with Gasteiger partial charge in [0.1, 0.15) is 0 Å². The summed E-state index contributed by atoms with van der Waals surface area (Å²) in [7, 11) is 0. The number of hydrogen-bond donors (Lipinski definition) is 2. The van der Waals surface area contributed by atoms with E-state index in [0.29, 0.717) is 16.9 Å². The van der Waals surface area contributed by atoms with Gasteiger partial charge in [0.25, 0.3) is 0 Å². The second-order valence-corrected chi connectivity index (χ2v) is 5.11. The molecule has 19 heavy (non-hydrogen) atoms. The Labute approximate surface area is 116 Å². The van der Waals surface area contributed by atoms with Gasteiger partial charge in [0.05, 0.1) is 12.3 Å². The number of halogens is 1. The van der Waals surface area contributed by atoms with Crippen molar-refractivity contribution in [1.82, 2.24) is 9.97 Å². The van der Waals surface area contributed by atoms with E-state index < -0.39 is 0 Å². The van der Waals surface area contributed by atoms with Gasteiger partial charge in [-0.15, -0.1) is 0 Å². The number of rotatable bonds is 4. The molecule has 0 aliphatic heterocycles. The Balaban J connectivity index is 1.87. The zero-order valence-corrected chi connectivity index (χ0v) is 11.1. The molecule has 1 aromatic carbocycles. The second-order valence-electron chi connectivity index (χ2n) is 4.67. The zero-order chi connectivity index (χ0) is 13.2. The van der Waals surface area contributed by atoms with Crippen molar-refractivity contribution in [3.8, 4) is 0 Å². The molecule has 98 valence electrons. The predicted octanol–water partition coefficient (Wildman–Crippen LogP) is 3.24. The molecule has 1 aliphatic carbocycles. The lowest BCUT2D eigenvalue weighted by Crippen LogP contribution is -2.03. The van der Waals surface area contributed by atoms with Crippen molar-refractivity contribution in [1.29, 1.82) is 0 Å². The summed E-state index contributed by atoms with van der Waals surface area (Å²) in [6.07, 6.45) is 3.97. The fourth-order valence-corrected chi connectivity index (χ4v) is 2.20. The molecule has 3 rings (SSSR count). The van der Waals surface area contributed by atoms with Gasteiger partial charge in [-0.25, -0.2) is 9.97 Å². The van der Waals surface area contributed by atoms with Gasteiger partial charge in [0.15, 0.2) is 0 Å². The van der Waals surface area contributed by atoms with Gasteiger partial charge in [-0.3, -0.25) is 0 Å². The standard InChI is InChI=1S/C14H14ClN3O/c15-11-2-1-3-12(6-11)17-14-16-7-10(8-19)13(18-14)9-4-5-9/h1-3,6-7,9,19H,4-5,8H2,(H,16,17,18). The summed E-state index contributed by atoms with van der Waals surface area (Å²) in [6, 6.07) is 7.42. The highest BCUT2D eigenvalue weighted by Gasteiger charge is 2.28. The van der Waals surface area contributed by atoms with E-state index in [4.69, 9.17) is 11.6 Å². The molecule has 4 nitrogen and oxygen atoms in total. The van der Waals surface area contributed by atoms with Crippen LogP contribution in [0.1, 0.15) is 30.0 Å². The first-order valence-electron chi connectivity index (χ1n) is 6.25. The average Bonchev–Trinajstić information content (AvgIpc) is 3.23. The summed E-state index contributed by atoms with van der Waals surface area (Å²) in [5.74, 6) is 1.02. The third kappa shape index (κ3) is 2.85. The number of nitrogens with zero attached hydrogens (tertiary/aromatic N) is 2. The highest BCUT2D eigenvalue weighted by atomic mass is 35.5. The maximum Gasteiger partial charge on any atom is 0.227 e. The molecule has 5 heteroatoms. The first kappa shape index (κ1) is 12.4. The van der Waals surface area contributed by atoms with Crippen molar-refractivity contribution in [2.75, 3.05) is 5.32 Å². The molecule has 0 atom stereocenters. The number of aliphatic hydroxyl groups excluding tert-OH is 1. The molecule has 1 saturated carbocycles.